The number of nitrogens with one attached hydrogen (secondary N) is 1. The van der Waals surface area contributed by atoms with Crippen molar-refractivity contribution in [2.75, 3.05) is 5.32 Å². The van der Waals surface area contributed by atoms with Crippen LogP contribution in [0.15, 0.2) is 24.3 Å². The van der Waals surface area contributed by atoms with E-state index in [0.29, 0.717) is 6.04 Å². The number of rotatable bonds is 4. The van der Waals surface area contributed by atoms with Gasteiger partial charge in [0, 0.05) is 11.7 Å². The zero-order chi connectivity index (χ0) is 10.7. The Hall–Kier alpha value is -0.980. The van der Waals surface area contributed by atoms with E-state index in [-0.39, 0.29) is 0 Å². The average Bonchev–Trinajstić information content (AvgIpc) is 2.16. The lowest BCUT2D eigenvalue weighted by molar-refractivity contribution is 0.286. The van der Waals surface area contributed by atoms with E-state index in [0.717, 1.165) is 5.92 Å². The molecule has 1 N–H and O–H groups in total. The summed E-state index contributed by atoms with van der Waals surface area (Å²) in [6, 6.07) is 9.14. The minimum Gasteiger partial charge on any atom is -0.382 e. The molecule has 0 saturated heterocycles. The van der Waals surface area contributed by atoms with Gasteiger partial charge < -0.3 is 5.32 Å². The van der Waals surface area contributed by atoms with Gasteiger partial charge in [0.15, 0.2) is 0 Å². The van der Waals surface area contributed by atoms with Crippen LogP contribution in [-0.4, -0.2) is 6.04 Å². The highest BCUT2D eigenvalue weighted by Crippen LogP contribution is 2.31. The largest absolute Gasteiger partial charge is 0.382 e. The van der Waals surface area contributed by atoms with Crippen molar-refractivity contribution in [2.45, 2.75) is 45.6 Å². The molecule has 2 rings (SSSR count). The molecule has 0 bridgehead atoms. The van der Waals surface area contributed by atoms with Crippen LogP contribution in [0.25, 0.3) is 0 Å². The summed E-state index contributed by atoms with van der Waals surface area (Å²) in [5, 5.41) is 3.61. The molecule has 1 aromatic rings. The zero-order valence-corrected chi connectivity index (χ0v) is 9.79. The van der Waals surface area contributed by atoms with E-state index in [1.807, 2.05) is 0 Å². The molecule has 1 aromatic carbocycles. The molecule has 0 radical (unpaired) electrons. The van der Waals surface area contributed by atoms with Crippen molar-refractivity contribution in [1.29, 1.82) is 0 Å². The monoisotopic (exact) mass is 203 g/mol. The smallest absolute Gasteiger partial charge is 0.0371 e. The maximum absolute atomic E-state index is 3.61. The van der Waals surface area contributed by atoms with Crippen molar-refractivity contribution in [1.82, 2.24) is 0 Å². The van der Waals surface area contributed by atoms with Gasteiger partial charge in [0.25, 0.3) is 0 Å². The first-order chi connectivity index (χ1) is 7.25. The molecule has 1 atom stereocenters. The van der Waals surface area contributed by atoms with Gasteiger partial charge in [0.2, 0.25) is 0 Å². The third kappa shape index (κ3) is 2.74. The maximum Gasteiger partial charge on any atom is 0.0371 e. The van der Waals surface area contributed by atoms with E-state index in [1.165, 1.54) is 36.9 Å². The van der Waals surface area contributed by atoms with Gasteiger partial charge in [-0.15, -0.1) is 0 Å². The number of hydrogen-bond acceptors (Lipinski definition) is 1. The number of aryl methyl sites for hydroxylation is 1. The molecule has 0 spiro atoms. The van der Waals surface area contributed by atoms with Gasteiger partial charge in [-0.25, -0.2) is 0 Å². The van der Waals surface area contributed by atoms with Gasteiger partial charge in [-0.3, -0.25) is 0 Å². The second kappa shape index (κ2) is 4.69. The SMILES string of the molecule is Cc1ccccc1NC(C)CC1CCC1. The topological polar surface area (TPSA) is 12.0 Å². The Morgan fingerprint density at radius 3 is 2.67 bits per heavy atom. The summed E-state index contributed by atoms with van der Waals surface area (Å²) in [6.07, 6.45) is 5.66. The molecule has 1 unspecified atom stereocenters. The lowest BCUT2D eigenvalue weighted by Crippen LogP contribution is -2.23. The second-order valence-electron chi connectivity index (χ2n) is 4.89. The second-order valence-corrected chi connectivity index (χ2v) is 4.89. The molecule has 82 valence electrons. The lowest BCUT2D eigenvalue weighted by atomic mass is 9.81. The van der Waals surface area contributed by atoms with Crippen LogP contribution in [0.2, 0.25) is 0 Å². The molecule has 1 heteroatoms. The van der Waals surface area contributed by atoms with Crippen LogP contribution in [0.5, 0.6) is 0 Å². The van der Waals surface area contributed by atoms with E-state index in [2.05, 4.69) is 43.4 Å². The van der Waals surface area contributed by atoms with Crippen molar-refractivity contribution < 1.29 is 0 Å². The van der Waals surface area contributed by atoms with Gasteiger partial charge in [0.1, 0.15) is 0 Å². The van der Waals surface area contributed by atoms with Crippen molar-refractivity contribution >= 4 is 5.69 Å². The van der Waals surface area contributed by atoms with Crippen LogP contribution in [0.4, 0.5) is 5.69 Å². The first kappa shape index (κ1) is 10.5. The summed E-state index contributed by atoms with van der Waals surface area (Å²) in [7, 11) is 0. The molecular weight excluding hydrogens is 182 g/mol. The summed E-state index contributed by atoms with van der Waals surface area (Å²) in [5.41, 5.74) is 2.64. The van der Waals surface area contributed by atoms with Gasteiger partial charge in [-0.05, 0) is 37.8 Å². The Kier molecular flexibility index (Phi) is 3.30. The average molecular weight is 203 g/mol. The van der Waals surface area contributed by atoms with Gasteiger partial charge in [0.05, 0.1) is 0 Å². The Morgan fingerprint density at radius 2 is 2.07 bits per heavy atom. The van der Waals surface area contributed by atoms with Crippen LogP contribution in [0, 0.1) is 12.8 Å². The van der Waals surface area contributed by atoms with Crippen LogP contribution in [0.3, 0.4) is 0 Å². The normalized spacial score (nSPS) is 18.3. The predicted octanol–water partition coefficient (Wildman–Crippen LogP) is 3.99. The summed E-state index contributed by atoms with van der Waals surface area (Å²) in [4.78, 5) is 0. The van der Waals surface area contributed by atoms with Crippen LogP contribution in [-0.2, 0) is 0 Å². The highest BCUT2D eigenvalue weighted by Gasteiger charge is 2.19. The molecule has 0 heterocycles. The van der Waals surface area contributed by atoms with E-state index in [1.54, 1.807) is 0 Å². The number of hydrogen-bond donors (Lipinski definition) is 1. The van der Waals surface area contributed by atoms with Crippen molar-refractivity contribution in [3.8, 4) is 0 Å². The maximum atomic E-state index is 3.61. The third-order valence-electron chi connectivity index (χ3n) is 3.46. The van der Waals surface area contributed by atoms with Crippen molar-refractivity contribution in [3.63, 3.8) is 0 Å². The van der Waals surface area contributed by atoms with Crippen molar-refractivity contribution in [2.24, 2.45) is 5.92 Å². The molecule has 0 aromatic heterocycles. The molecule has 0 amide bonds. The quantitative estimate of drug-likeness (QED) is 0.780. The lowest BCUT2D eigenvalue weighted by Gasteiger charge is -2.29. The third-order valence-corrected chi connectivity index (χ3v) is 3.46. The molecule has 1 nitrogen and oxygen atoms in total. The van der Waals surface area contributed by atoms with Crippen LogP contribution in [0.1, 0.15) is 38.2 Å². The number of para-hydroxylation sites is 1. The van der Waals surface area contributed by atoms with E-state index in [4.69, 9.17) is 0 Å². The summed E-state index contributed by atoms with van der Waals surface area (Å²) < 4.78 is 0. The minimum atomic E-state index is 0.608. The molecule has 1 aliphatic rings. The highest BCUT2D eigenvalue weighted by atomic mass is 14.9. The number of anilines is 1. The first-order valence-corrected chi connectivity index (χ1v) is 6.08. The van der Waals surface area contributed by atoms with E-state index < -0.39 is 0 Å². The predicted molar refractivity (Wildman–Crippen MR) is 66.2 cm³/mol. The standard InChI is InChI=1S/C14H21N/c1-11-6-3-4-9-14(11)15-12(2)10-13-7-5-8-13/h3-4,6,9,12-13,15H,5,7-8,10H2,1-2H3. The molecule has 1 fully saturated rings. The van der Waals surface area contributed by atoms with E-state index in [9.17, 15) is 0 Å². The molecular formula is C14H21N. The fraction of sp³-hybridized carbons (Fsp3) is 0.571. The van der Waals surface area contributed by atoms with Gasteiger partial charge >= 0.3 is 0 Å². The fourth-order valence-electron chi connectivity index (χ4n) is 2.29. The fourth-order valence-corrected chi connectivity index (χ4v) is 2.29. The molecule has 15 heavy (non-hydrogen) atoms. The Labute approximate surface area is 92.9 Å². The Morgan fingerprint density at radius 1 is 1.33 bits per heavy atom. The van der Waals surface area contributed by atoms with Gasteiger partial charge in [-0.2, -0.15) is 0 Å². The number of benzene rings is 1. The zero-order valence-electron chi connectivity index (χ0n) is 9.79. The Balaban J connectivity index is 1.87. The molecule has 1 saturated carbocycles. The summed E-state index contributed by atoms with van der Waals surface area (Å²) in [5.74, 6) is 0.983. The van der Waals surface area contributed by atoms with Gasteiger partial charge in [-0.1, -0.05) is 37.5 Å². The van der Waals surface area contributed by atoms with Crippen LogP contribution < -0.4 is 5.32 Å². The van der Waals surface area contributed by atoms with Crippen molar-refractivity contribution in [3.05, 3.63) is 29.8 Å². The Bertz CT molecular complexity index is 315. The molecule has 0 aliphatic heterocycles. The van der Waals surface area contributed by atoms with E-state index >= 15 is 0 Å². The minimum absolute atomic E-state index is 0.608. The van der Waals surface area contributed by atoms with Crippen LogP contribution >= 0.6 is 0 Å². The summed E-state index contributed by atoms with van der Waals surface area (Å²) in [6.45, 7) is 4.46. The molecule has 1 aliphatic carbocycles. The highest BCUT2D eigenvalue weighted by molar-refractivity contribution is 5.50. The summed E-state index contributed by atoms with van der Waals surface area (Å²) >= 11 is 0. The first-order valence-electron chi connectivity index (χ1n) is 6.08.